The number of aryl methyl sites for hydroxylation is 1. The Morgan fingerprint density at radius 1 is 1.00 bits per heavy atom. The number of rotatable bonds is 10. The topological polar surface area (TPSA) is 81.7 Å². The van der Waals surface area contributed by atoms with Gasteiger partial charge in [0.1, 0.15) is 0 Å². The summed E-state index contributed by atoms with van der Waals surface area (Å²) in [4.78, 5) is 27.0. The number of benzene rings is 2. The molecule has 0 radical (unpaired) electrons. The van der Waals surface area contributed by atoms with E-state index in [1.807, 2.05) is 24.3 Å². The number of carboxylic acids is 1. The Morgan fingerprint density at radius 2 is 1.69 bits per heavy atom. The number of hydrogen-bond donors (Lipinski definition) is 3. The van der Waals surface area contributed by atoms with Gasteiger partial charge in [-0.15, -0.1) is 0 Å². The normalized spacial score (nSPS) is 19.2. The third-order valence-corrected chi connectivity index (χ3v) is 7.40. The lowest BCUT2D eigenvalue weighted by Gasteiger charge is -2.31. The van der Waals surface area contributed by atoms with Crippen LogP contribution in [0.3, 0.4) is 0 Å². The molecule has 194 valence electrons. The van der Waals surface area contributed by atoms with Crippen LogP contribution in [0.15, 0.2) is 36.4 Å². The molecule has 2 aromatic carbocycles. The van der Waals surface area contributed by atoms with Crippen molar-refractivity contribution >= 4 is 29.1 Å². The van der Waals surface area contributed by atoms with Crippen LogP contribution in [0.5, 0.6) is 0 Å². The lowest BCUT2D eigenvalue weighted by atomic mass is 9.78. The molecule has 36 heavy (non-hydrogen) atoms. The van der Waals surface area contributed by atoms with Crippen LogP contribution < -0.4 is 15.5 Å². The van der Waals surface area contributed by atoms with Gasteiger partial charge in [0.05, 0.1) is 17.3 Å². The second kappa shape index (κ2) is 10.9. The molecule has 2 atom stereocenters. The van der Waals surface area contributed by atoms with E-state index in [1.165, 1.54) is 30.4 Å². The predicted molar refractivity (Wildman–Crippen MR) is 147 cm³/mol. The minimum atomic E-state index is -0.751. The van der Waals surface area contributed by atoms with E-state index < -0.39 is 5.97 Å². The number of carboxylic acid groups (broad SMARTS) is 1. The largest absolute Gasteiger partial charge is 0.481 e. The first kappa shape index (κ1) is 26.1. The second-order valence-electron chi connectivity index (χ2n) is 11.5. The molecule has 2 aliphatic rings. The van der Waals surface area contributed by atoms with Gasteiger partial charge in [-0.1, -0.05) is 46.2 Å². The molecule has 0 saturated heterocycles. The first-order chi connectivity index (χ1) is 17.1. The summed E-state index contributed by atoms with van der Waals surface area (Å²) >= 11 is 0. The fraction of sp³-hybridized carbons (Fsp3) is 0.533. The molecular weight excluding hydrogens is 450 g/mol. The number of amides is 2. The molecule has 3 N–H and O–H groups in total. The number of urea groups is 1. The van der Waals surface area contributed by atoms with Crippen LogP contribution in [-0.4, -0.2) is 30.2 Å². The number of nitrogens with zero attached hydrogens (tertiary/aromatic N) is 1. The molecule has 0 aliphatic heterocycles. The average Bonchev–Trinajstić information content (AvgIpc) is 3.55. The van der Waals surface area contributed by atoms with Crippen molar-refractivity contribution in [2.75, 3.05) is 28.6 Å². The highest BCUT2D eigenvalue weighted by Gasteiger charge is 2.44. The van der Waals surface area contributed by atoms with Crippen molar-refractivity contribution in [2.24, 2.45) is 17.8 Å². The molecule has 0 aromatic heterocycles. The predicted octanol–water partition coefficient (Wildman–Crippen LogP) is 7.21. The van der Waals surface area contributed by atoms with Crippen molar-refractivity contribution in [3.05, 3.63) is 53.1 Å². The number of hydrogen-bond acceptors (Lipinski definition) is 3. The summed E-state index contributed by atoms with van der Waals surface area (Å²) in [6.07, 6.45) is 4.35. The quantitative estimate of drug-likeness (QED) is 0.328. The van der Waals surface area contributed by atoms with Gasteiger partial charge in [0.15, 0.2) is 0 Å². The highest BCUT2D eigenvalue weighted by atomic mass is 16.4. The summed E-state index contributed by atoms with van der Waals surface area (Å²) in [6.45, 7) is 12.7. The molecule has 0 bridgehead atoms. The van der Waals surface area contributed by atoms with E-state index in [9.17, 15) is 14.7 Å². The first-order valence-corrected chi connectivity index (χ1v) is 13.4. The van der Waals surface area contributed by atoms with Gasteiger partial charge in [-0.05, 0) is 90.8 Å². The number of aliphatic carboxylic acids is 1. The summed E-state index contributed by atoms with van der Waals surface area (Å²) in [5, 5.41) is 15.6. The Morgan fingerprint density at radius 3 is 2.25 bits per heavy atom. The van der Waals surface area contributed by atoms with Crippen molar-refractivity contribution in [1.29, 1.82) is 0 Å². The molecular formula is C30H41N3O3. The van der Waals surface area contributed by atoms with E-state index in [-0.39, 0.29) is 17.9 Å². The Hall–Kier alpha value is -3.02. The molecule has 6 heteroatoms. The summed E-state index contributed by atoms with van der Waals surface area (Å²) in [5.41, 5.74) is 6.08. The maximum Gasteiger partial charge on any atom is 0.323 e. The molecule has 2 aromatic rings. The van der Waals surface area contributed by atoms with Crippen LogP contribution in [0.4, 0.5) is 21.9 Å². The van der Waals surface area contributed by atoms with Crippen LogP contribution in [0.25, 0.3) is 0 Å². The van der Waals surface area contributed by atoms with Gasteiger partial charge < -0.3 is 20.6 Å². The second-order valence-corrected chi connectivity index (χ2v) is 11.5. The molecule has 2 fully saturated rings. The maximum absolute atomic E-state index is 13.2. The van der Waals surface area contributed by atoms with E-state index in [2.05, 4.69) is 62.3 Å². The summed E-state index contributed by atoms with van der Waals surface area (Å²) in [6, 6.07) is 11.9. The standard InChI is InChI=1S/C30H41N3O3/c1-18(2)16-33(17-19(3)4)28-12-10-22(25-15-26(25)29(34)35)13-27(28)32-30(36)31-23-11-9-20(5)24(14-23)21-7-6-8-21/h9-14,18-19,21,25-26H,6-8,15-17H2,1-5H3,(H,34,35)(H2,31,32,36). The van der Waals surface area contributed by atoms with Crippen LogP contribution in [0.1, 0.15) is 81.9 Å². The molecule has 0 spiro atoms. The lowest BCUT2D eigenvalue weighted by Crippen LogP contribution is -2.32. The van der Waals surface area contributed by atoms with E-state index in [0.29, 0.717) is 24.2 Å². The minimum absolute atomic E-state index is 0.00550. The molecule has 4 rings (SSSR count). The molecule has 2 amide bonds. The number of anilines is 3. The molecule has 6 nitrogen and oxygen atoms in total. The van der Waals surface area contributed by atoms with Gasteiger partial charge in [-0.2, -0.15) is 0 Å². The summed E-state index contributed by atoms with van der Waals surface area (Å²) < 4.78 is 0. The Labute approximate surface area is 215 Å². The maximum atomic E-state index is 13.2. The third-order valence-electron chi connectivity index (χ3n) is 7.40. The van der Waals surface area contributed by atoms with Crippen LogP contribution in [-0.2, 0) is 4.79 Å². The Kier molecular flexibility index (Phi) is 7.91. The minimum Gasteiger partial charge on any atom is -0.481 e. The van der Waals surface area contributed by atoms with E-state index in [1.54, 1.807) is 0 Å². The fourth-order valence-electron chi connectivity index (χ4n) is 5.31. The monoisotopic (exact) mass is 491 g/mol. The fourth-order valence-corrected chi connectivity index (χ4v) is 5.31. The third kappa shape index (κ3) is 6.21. The summed E-state index contributed by atoms with van der Waals surface area (Å²) in [5.74, 6) is 0.437. The van der Waals surface area contributed by atoms with E-state index in [0.717, 1.165) is 35.7 Å². The highest BCUT2D eigenvalue weighted by molar-refractivity contribution is 6.02. The number of carbonyl (C=O) groups excluding carboxylic acids is 1. The zero-order chi connectivity index (χ0) is 26.0. The zero-order valence-corrected chi connectivity index (χ0v) is 22.3. The zero-order valence-electron chi connectivity index (χ0n) is 22.3. The molecule has 2 aliphatic carbocycles. The number of nitrogens with one attached hydrogen (secondary N) is 2. The highest BCUT2D eigenvalue weighted by Crippen LogP contribution is 2.49. The van der Waals surface area contributed by atoms with Crippen LogP contribution in [0.2, 0.25) is 0 Å². The van der Waals surface area contributed by atoms with Gasteiger partial charge in [0.25, 0.3) is 0 Å². The molecule has 2 unspecified atom stereocenters. The van der Waals surface area contributed by atoms with E-state index in [4.69, 9.17) is 0 Å². The van der Waals surface area contributed by atoms with Gasteiger partial charge in [-0.25, -0.2) is 4.79 Å². The summed E-state index contributed by atoms with van der Waals surface area (Å²) in [7, 11) is 0. The SMILES string of the molecule is Cc1ccc(NC(=O)Nc2cc(C3CC3C(=O)O)ccc2N(CC(C)C)CC(C)C)cc1C1CCC1. The molecule has 2 saturated carbocycles. The van der Waals surface area contributed by atoms with Crippen molar-refractivity contribution in [3.8, 4) is 0 Å². The lowest BCUT2D eigenvalue weighted by molar-refractivity contribution is -0.138. The Balaban J connectivity index is 1.58. The van der Waals surface area contributed by atoms with Gasteiger partial charge in [0, 0.05) is 18.8 Å². The van der Waals surface area contributed by atoms with Crippen molar-refractivity contribution in [2.45, 2.75) is 72.1 Å². The molecule has 0 heterocycles. The number of carbonyl (C=O) groups is 2. The van der Waals surface area contributed by atoms with Crippen molar-refractivity contribution in [3.63, 3.8) is 0 Å². The van der Waals surface area contributed by atoms with Crippen LogP contribution >= 0.6 is 0 Å². The van der Waals surface area contributed by atoms with Crippen molar-refractivity contribution < 1.29 is 14.7 Å². The smallest absolute Gasteiger partial charge is 0.323 e. The Bertz CT molecular complexity index is 1100. The van der Waals surface area contributed by atoms with Gasteiger partial charge >= 0.3 is 12.0 Å². The van der Waals surface area contributed by atoms with Crippen molar-refractivity contribution in [1.82, 2.24) is 0 Å². The first-order valence-electron chi connectivity index (χ1n) is 13.4. The van der Waals surface area contributed by atoms with Gasteiger partial charge in [0.2, 0.25) is 0 Å². The van der Waals surface area contributed by atoms with E-state index >= 15 is 0 Å². The van der Waals surface area contributed by atoms with Gasteiger partial charge in [-0.3, -0.25) is 4.79 Å². The average molecular weight is 492 g/mol. The van der Waals surface area contributed by atoms with Crippen LogP contribution in [0, 0.1) is 24.7 Å².